The Balaban J connectivity index is 1.53. The average Bonchev–Trinajstić information content (AvgIpc) is 3.62. The van der Waals surface area contributed by atoms with Crippen LogP contribution in [-0.4, -0.2) is 63.0 Å². The highest BCUT2D eigenvalue weighted by Crippen LogP contribution is 2.33. The van der Waals surface area contributed by atoms with Crippen LogP contribution >= 0.6 is 11.3 Å². The summed E-state index contributed by atoms with van der Waals surface area (Å²) in [7, 11) is 1.68. The van der Waals surface area contributed by atoms with E-state index in [0.29, 0.717) is 5.69 Å². The van der Waals surface area contributed by atoms with Gasteiger partial charge in [0.15, 0.2) is 6.10 Å². The van der Waals surface area contributed by atoms with Crippen LogP contribution in [0.5, 0.6) is 0 Å². The van der Waals surface area contributed by atoms with Gasteiger partial charge >= 0.3 is 0 Å². The number of nitrogens with one attached hydrogen (secondary N) is 2. The number of benzene rings is 1. The highest BCUT2D eigenvalue weighted by atomic mass is 32.1. The van der Waals surface area contributed by atoms with Gasteiger partial charge in [-0.3, -0.25) is 14.4 Å². The molecule has 1 aliphatic rings. The molecule has 1 aliphatic heterocycles. The molecule has 0 saturated carbocycles. The lowest BCUT2D eigenvalue weighted by Crippen LogP contribution is -2.56. The fraction of sp³-hybridized carbons (Fsp3) is 0.346. The van der Waals surface area contributed by atoms with E-state index >= 15 is 0 Å². The van der Waals surface area contributed by atoms with Crippen molar-refractivity contribution in [2.45, 2.75) is 43.5 Å². The van der Waals surface area contributed by atoms with Gasteiger partial charge in [0.1, 0.15) is 11.7 Å². The normalized spacial score (nSPS) is 18.3. The van der Waals surface area contributed by atoms with E-state index in [4.69, 9.17) is 0 Å². The zero-order chi connectivity index (χ0) is 26.6. The third-order valence-electron chi connectivity index (χ3n) is 6.30. The van der Waals surface area contributed by atoms with Gasteiger partial charge in [-0.15, -0.1) is 11.3 Å². The molecule has 3 N–H and O–H groups in total. The topological polar surface area (TPSA) is 104 Å². The fourth-order valence-electron chi connectivity index (χ4n) is 4.38. The number of aliphatic hydroxyl groups is 1. The summed E-state index contributed by atoms with van der Waals surface area (Å²) in [5.41, 5.74) is 1.03. The number of aliphatic hydroxyl groups excluding tert-OH is 1. The predicted octanol–water partition coefficient (Wildman–Crippen LogP) is 2.34. The summed E-state index contributed by atoms with van der Waals surface area (Å²) in [5, 5.41) is 18.2. The van der Waals surface area contributed by atoms with Gasteiger partial charge in [-0.25, -0.2) is 8.78 Å². The summed E-state index contributed by atoms with van der Waals surface area (Å²) >= 11 is 1.40. The van der Waals surface area contributed by atoms with Gasteiger partial charge in [0.05, 0.1) is 19.1 Å². The van der Waals surface area contributed by atoms with E-state index in [1.54, 1.807) is 72.4 Å². The number of likely N-dealkylation sites (tertiary alicyclic amines) is 1. The Kier molecular flexibility index (Phi) is 8.03. The van der Waals surface area contributed by atoms with Crippen LogP contribution in [0.4, 0.5) is 8.78 Å². The Bertz CT molecular complexity index is 1230. The number of rotatable bonds is 9. The molecular weight excluding hydrogens is 502 g/mol. The average molecular weight is 531 g/mol. The molecule has 0 bridgehead atoms. The van der Waals surface area contributed by atoms with E-state index in [2.05, 4.69) is 10.6 Å². The van der Waals surface area contributed by atoms with E-state index in [9.17, 15) is 28.3 Å². The van der Waals surface area contributed by atoms with Crippen molar-refractivity contribution in [3.63, 3.8) is 0 Å². The number of aryl methyl sites for hydroxylation is 1. The first-order valence-corrected chi connectivity index (χ1v) is 12.7. The molecule has 1 aromatic carbocycles. The fourth-order valence-corrected chi connectivity index (χ4v) is 5.02. The molecule has 3 aromatic rings. The van der Waals surface area contributed by atoms with Crippen LogP contribution in [-0.2, 0) is 29.6 Å². The molecule has 196 valence electrons. The number of thiophene rings is 1. The number of carbonyl (C=O) groups is 3. The Hall–Kier alpha value is -3.57. The third-order valence-corrected chi connectivity index (χ3v) is 7.17. The van der Waals surface area contributed by atoms with Crippen molar-refractivity contribution >= 4 is 29.1 Å². The van der Waals surface area contributed by atoms with Gasteiger partial charge < -0.3 is 25.2 Å². The van der Waals surface area contributed by atoms with Crippen LogP contribution < -0.4 is 10.6 Å². The Morgan fingerprint density at radius 1 is 1.14 bits per heavy atom. The van der Waals surface area contributed by atoms with Gasteiger partial charge in [-0.05, 0) is 35.6 Å². The van der Waals surface area contributed by atoms with Gasteiger partial charge in [0.25, 0.3) is 17.7 Å². The SMILES string of the molecule is Cn1cccc1C(=O)NC(Cc1ccccc1)C(O)C(=O)N1CC(F)(F)CC1C(=O)NCc1cccs1. The number of carbonyl (C=O) groups excluding carboxylic acids is 3. The molecule has 8 nitrogen and oxygen atoms in total. The summed E-state index contributed by atoms with van der Waals surface area (Å²) in [5.74, 6) is -5.58. The minimum Gasteiger partial charge on any atom is -0.381 e. The minimum absolute atomic E-state index is 0.0728. The van der Waals surface area contributed by atoms with E-state index in [0.717, 1.165) is 15.3 Å². The molecule has 0 aliphatic carbocycles. The Morgan fingerprint density at radius 2 is 1.89 bits per heavy atom. The second-order valence-electron chi connectivity index (χ2n) is 9.06. The predicted molar refractivity (Wildman–Crippen MR) is 134 cm³/mol. The number of nitrogens with zero attached hydrogens (tertiary/aromatic N) is 2. The first-order valence-electron chi connectivity index (χ1n) is 11.8. The Morgan fingerprint density at radius 3 is 2.54 bits per heavy atom. The molecule has 3 unspecified atom stereocenters. The zero-order valence-corrected chi connectivity index (χ0v) is 21.0. The molecule has 0 radical (unpaired) electrons. The molecule has 2 aromatic heterocycles. The summed E-state index contributed by atoms with van der Waals surface area (Å²) in [6.45, 7) is -0.851. The number of aromatic nitrogens is 1. The maximum atomic E-state index is 14.4. The third kappa shape index (κ3) is 6.41. The highest BCUT2D eigenvalue weighted by Gasteiger charge is 2.51. The number of amides is 3. The van der Waals surface area contributed by atoms with Crippen LogP contribution in [0.1, 0.15) is 27.3 Å². The minimum atomic E-state index is -3.29. The van der Waals surface area contributed by atoms with E-state index in [1.165, 1.54) is 11.3 Å². The molecular formula is C26H28F2N4O4S. The summed E-state index contributed by atoms with van der Waals surface area (Å²) in [4.78, 5) is 40.6. The number of hydrogen-bond acceptors (Lipinski definition) is 5. The number of alkyl halides is 2. The second kappa shape index (κ2) is 11.2. The standard InChI is InChI=1S/C26H28F2N4O4S/c1-31-11-5-10-20(31)24(35)30-19(13-17-7-3-2-4-8-17)22(33)25(36)32-16-26(27,28)14-21(32)23(34)29-15-18-9-6-12-37-18/h2-12,19,21-22,33H,13-16H2,1H3,(H,29,34)(H,30,35). The number of halogens is 2. The van der Waals surface area contributed by atoms with Crippen LogP contribution in [0.15, 0.2) is 66.2 Å². The van der Waals surface area contributed by atoms with Crippen molar-refractivity contribution in [2.75, 3.05) is 6.54 Å². The molecule has 0 spiro atoms. The molecule has 1 saturated heterocycles. The monoisotopic (exact) mass is 530 g/mol. The highest BCUT2D eigenvalue weighted by molar-refractivity contribution is 7.09. The van der Waals surface area contributed by atoms with E-state index < -0.39 is 54.8 Å². The lowest BCUT2D eigenvalue weighted by atomic mass is 9.99. The first kappa shape index (κ1) is 26.5. The lowest BCUT2D eigenvalue weighted by Gasteiger charge is -2.30. The van der Waals surface area contributed by atoms with Gasteiger partial charge in [-0.1, -0.05) is 36.4 Å². The van der Waals surface area contributed by atoms with Crippen molar-refractivity contribution in [1.29, 1.82) is 0 Å². The van der Waals surface area contributed by atoms with E-state index in [-0.39, 0.29) is 13.0 Å². The smallest absolute Gasteiger partial charge is 0.268 e. The van der Waals surface area contributed by atoms with Crippen molar-refractivity contribution in [2.24, 2.45) is 7.05 Å². The summed E-state index contributed by atoms with van der Waals surface area (Å²) in [6.07, 6.45) is -0.954. The van der Waals surface area contributed by atoms with Crippen molar-refractivity contribution in [3.8, 4) is 0 Å². The van der Waals surface area contributed by atoms with Crippen LogP contribution in [0.2, 0.25) is 0 Å². The van der Waals surface area contributed by atoms with E-state index in [1.807, 2.05) is 5.38 Å². The van der Waals surface area contributed by atoms with Crippen molar-refractivity contribution in [3.05, 3.63) is 82.3 Å². The quantitative estimate of drug-likeness (QED) is 0.395. The largest absolute Gasteiger partial charge is 0.381 e. The van der Waals surface area contributed by atoms with Gasteiger partial charge in [-0.2, -0.15) is 0 Å². The maximum absolute atomic E-state index is 14.4. The Labute approximate surface area is 216 Å². The summed E-state index contributed by atoms with van der Waals surface area (Å²) < 4.78 is 30.4. The van der Waals surface area contributed by atoms with Crippen molar-refractivity contribution < 1.29 is 28.3 Å². The van der Waals surface area contributed by atoms with Crippen LogP contribution in [0.3, 0.4) is 0 Å². The molecule has 11 heteroatoms. The molecule has 4 rings (SSSR count). The molecule has 1 fully saturated rings. The maximum Gasteiger partial charge on any atom is 0.268 e. The molecule has 3 heterocycles. The van der Waals surface area contributed by atoms with Crippen LogP contribution in [0.25, 0.3) is 0 Å². The number of hydrogen-bond donors (Lipinski definition) is 3. The molecule has 37 heavy (non-hydrogen) atoms. The van der Waals surface area contributed by atoms with Crippen molar-refractivity contribution in [1.82, 2.24) is 20.1 Å². The van der Waals surface area contributed by atoms with Gasteiger partial charge in [0.2, 0.25) is 5.91 Å². The lowest BCUT2D eigenvalue weighted by molar-refractivity contribution is -0.147. The molecule has 3 amide bonds. The van der Waals surface area contributed by atoms with Crippen LogP contribution in [0, 0.1) is 0 Å². The van der Waals surface area contributed by atoms with Gasteiger partial charge in [0, 0.05) is 24.5 Å². The first-order chi connectivity index (χ1) is 17.6. The zero-order valence-electron chi connectivity index (χ0n) is 20.1. The summed E-state index contributed by atoms with van der Waals surface area (Å²) in [6, 6.07) is 13.2. The second-order valence-corrected chi connectivity index (χ2v) is 10.1. The molecule has 3 atom stereocenters.